The zero-order valence-corrected chi connectivity index (χ0v) is 13.7. The van der Waals surface area contributed by atoms with E-state index in [2.05, 4.69) is 17.0 Å². The largest absolute Gasteiger partial charge is 0.368 e. The highest BCUT2D eigenvalue weighted by atomic mass is 32.3. The van der Waals surface area contributed by atoms with Crippen molar-refractivity contribution in [2.45, 2.75) is 17.7 Å². The first-order valence-corrected chi connectivity index (χ1v) is 9.43. The normalized spacial score (nSPS) is 17.4. The van der Waals surface area contributed by atoms with E-state index in [1.807, 2.05) is 36.4 Å². The Morgan fingerprint density at radius 2 is 1.74 bits per heavy atom. The minimum absolute atomic E-state index is 0.391. The highest BCUT2D eigenvalue weighted by molar-refractivity contribution is 8.24. The fourth-order valence-corrected chi connectivity index (χ4v) is 4.42. The molecule has 1 aliphatic rings. The number of aldehydes is 1. The maximum Gasteiger partial charge on any atom is 0.124 e. The minimum atomic E-state index is -2.64. The molecular formula is C18H21NO3S. The third-order valence-electron chi connectivity index (χ3n) is 4.22. The van der Waals surface area contributed by atoms with Crippen molar-refractivity contribution in [3.8, 4) is 0 Å². The van der Waals surface area contributed by atoms with Gasteiger partial charge >= 0.3 is 0 Å². The molecule has 0 fully saturated rings. The van der Waals surface area contributed by atoms with Crippen LogP contribution in [-0.2, 0) is 17.6 Å². The molecule has 3 rings (SSSR count). The Kier molecular flexibility index (Phi) is 4.71. The van der Waals surface area contributed by atoms with E-state index in [0.717, 1.165) is 30.5 Å². The highest BCUT2D eigenvalue weighted by Crippen LogP contribution is 2.54. The van der Waals surface area contributed by atoms with Gasteiger partial charge in [-0.15, -0.1) is 0 Å². The number of nitrogens with zero attached hydrogens (tertiary/aromatic N) is 1. The molecule has 0 radical (unpaired) electrons. The number of carbonyl (C=O) groups is 1. The van der Waals surface area contributed by atoms with Crippen LogP contribution >= 0.6 is 10.6 Å². The fourth-order valence-electron chi connectivity index (χ4n) is 2.90. The number of para-hydroxylation sites is 1. The van der Waals surface area contributed by atoms with E-state index in [0.29, 0.717) is 23.6 Å². The van der Waals surface area contributed by atoms with Gasteiger partial charge in [0.1, 0.15) is 6.29 Å². The summed E-state index contributed by atoms with van der Waals surface area (Å²) in [5.41, 5.74) is 3.17. The van der Waals surface area contributed by atoms with Crippen LogP contribution < -0.4 is 4.90 Å². The molecule has 0 bridgehead atoms. The summed E-state index contributed by atoms with van der Waals surface area (Å²) >= 11 is 0. The van der Waals surface area contributed by atoms with Gasteiger partial charge in [-0.3, -0.25) is 9.11 Å². The van der Waals surface area contributed by atoms with Gasteiger partial charge in [-0.05, 0) is 29.7 Å². The molecule has 0 saturated heterocycles. The molecule has 0 saturated carbocycles. The van der Waals surface area contributed by atoms with Crippen LogP contribution in [0.2, 0.25) is 0 Å². The summed E-state index contributed by atoms with van der Waals surface area (Å²) in [5, 5.41) is 0. The Hall–Kier alpha value is -1.82. The van der Waals surface area contributed by atoms with E-state index >= 15 is 0 Å². The molecular weight excluding hydrogens is 310 g/mol. The Morgan fingerprint density at radius 3 is 2.48 bits per heavy atom. The van der Waals surface area contributed by atoms with Gasteiger partial charge in [-0.25, -0.2) is 0 Å². The fraction of sp³-hybridized carbons (Fsp3) is 0.278. The Balaban J connectivity index is 1.70. The van der Waals surface area contributed by atoms with Gasteiger partial charge in [-0.1, -0.05) is 36.4 Å². The first kappa shape index (κ1) is 16.1. The molecule has 0 unspecified atom stereocenters. The van der Waals surface area contributed by atoms with Gasteiger partial charge in [0.05, 0.1) is 16.3 Å². The standard InChI is InChI=1S/C18H21NO3S/c20-13-10-16-7-5-15(6-8-16)9-11-19-12-14-23(21,22)18-4-2-1-3-17(18)19/h1-8,13,21-22H,9-12,14H2. The molecule has 0 amide bonds. The molecule has 2 aromatic carbocycles. The molecule has 0 spiro atoms. The Labute approximate surface area is 138 Å². The van der Waals surface area contributed by atoms with Crippen molar-refractivity contribution in [2.24, 2.45) is 0 Å². The smallest absolute Gasteiger partial charge is 0.124 e. The second-order valence-corrected chi connectivity index (χ2v) is 7.94. The number of hydrogen-bond acceptors (Lipinski definition) is 4. The summed E-state index contributed by atoms with van der Waals surface area (Å²) in [4.78, 5) is 13.4. The van der Waals surface area contributed by atoms with Crippen molar-refractivity contribution in [1.29, 1.82) is 0 Å². The summed E-state index contributed by atoms with van der Waals surface area (Å²) in [5.74, 6) is 0.391. The number of hydrogen-bond donors (Lipinski definition) is 2. The van der Waals surface area contributed by atoms with Crippen molar-refractivity contribution in [1.82, 2.24) is 0 Å². The Morgan fingerprint density at radius 1 is 1.04 bits per heavy atom. The molecule has 1 heterocycles. The lowest BCUT2D eigenvalue weighted by Crippen LogP contribution is -2.35. The maximum absolute atomic E-state index is 10.5. The molecule has 4 nitrogen and oxygen atoms in total. The lowest BCUT2D eigenvalue weighted by Gasteiger charge is -2.43. The van der Waals surface area contributed by atoms with Gasteiger partial charge in [0, 0.05) is 19.5 Å². The summed E-state index contributed by atoms with van der Waals surface area (Å²) in [6.45, 7) is 1.49. The summed E-state index contributed by atoms with van der Waals surface area (Å²) < 4.78 is 20.4. The summed E-state index contributed by atoms with van der Waals surface area (Å²) in [7, 11) is -2.64. The second kappa shape index (κ2) is 6.74. The molecule has 122 valence electrons. The van der Waals surface area contributed by atoms with Crippen LogP contribution in [0.3, 0.4) is 0 Å². The number of carbonyl (C=O) groups excluding carboxylic acids is 1. The second-order valence-electron chi connectivity index (χ2n) is 5.76. The van der Waals surface area contributed by atoms with Crippen molar-refractivity contribution >= 4 is 22.6 Å². The molecule has 2 N–H and O–H groups in total. The van der Waals surface area contributed by atoms with E-state index in [-0.39, 0.29) is 0 Å². The third kappa shape index (κ3) is 3.58. The van der Waals surface area contributed by atoms with Gasteiger partial charge in [0.15, 0.2) is 0 Å². The van der Waals surface area contributed by atoms with Crippen LogP contribution in [0.4, 0.5) is 5.69 Å². The average molecular weight is 331 g/mol. The zero-order chi connectivity index (χ0) is 16.3. The first-order valence-electron chi connectivity index (χ1n) is 7.71. The summed E-state index contributed by atoms with van der Waals surface area (Å²) in [6.07, 6.45) is 2.25. The van der Waals surface area contributed by atoms with Crippen LogP contribution in [0.25, 0.3) is 0 Å². The summed E-state index contributed by atoms with van der Waals surface area (Å²) in [6, 6.07) is 15.6. The van der Waals surface area contributed by atoms with Crippen LogP contribution in [0, 0.1) is 0 Å². The third-order valence-corrected chi connectivity index (χ3v) is 6.02. The van der Waals surface area contributed by atoms with E-state index in [9.17, 15) is 13.9 Å². The van der Waals surface area contributed by atoms with Crippen LogP contribution in [-0.4, -0.2) is 34.2 Å². The maximum atomic E-state index is 10.5. The molecule has 2 aromatic rings. The monoisotopic (exact) mass is 331 g/mol. The van der Waals surface area contributed by atoms with Crippen LogP contribution in [0.1, 0.15) is 11.1 Å². The predicted octanol–water partition coefficient (Wildman–Crippen LogP) is 3.60. The predicted molar refractivity (Wildman–Crippen MR) is 94.6 cm³/mol. The molecule has 23 heavy (non-hydrogen) atoms. The van der Waals surface area contributed by atoms with E-state index < -0.39 is 10.6 Å². The number of fused-ring (bicyclic) bond motifs is 1. The van der Waals surface area contributed by atoms with E-state index in [1.54, 1.807) is 0 Å². The highest BCUT2D eigenvalue weighted by Gasteiger charge is 2.27. The zero-order valence-electron chi connectivity index (χ0n) is 12.9. The molecule has 5 heteroatoms. The van der Waals surface area contributed by atoms with Crippen molar-refractivity contribution < 1.29 is 13.9 Å². The van der Waals surface area contributed by atoms with Crippen molar-refractivity contribution in [3.63, 3.8) is 0 Å². The van der Waals surface area contributed by atoms with Gasteiger partial charge in [0.2, 0.25) is 0 Å². The van der Waals surface area contributed by atoms with Gasteiger partial charge in [-0.2, -0.15) is 10.6 Å². The molecule has 1 aliphatic heterocycles. The number of benzene rings is 2. The molecule has 0 aliphatic carbocycles. The minimum Gasteiger partial charge on any atom is -0.368 e. The lowest BCUT2D eigenvalue weighted by atomic mass is 10.1. The SMILES string of the molecule is O=CCc1ccc(CCN2CCS(O)(O)c3ccccc32)cc1. The molecule has 0 aromatic heterocycles. The quantitative estimate of drug-likeness (QED) is 0.822. The van der Waals surface area contributed by atoms with Crippen molar-refractivity contribution in [2.75, 3.05) is 23.7 Å². The first-order chi connectivity index (χ1) is 11.1. The van der Waals surface area contributed by atoms with E-state index in [1.165, 1.54) is 5.56 Å². The lowest BCUT2D eigenvalue weighted by molar-refractivity contribution is -0.107. The van der Waals surface area contributed by atoms with Crippen LogP contribution in [0.15, 0.2) is 53.4 Å². The van der Waals surface area contributed by atoms with Crippen LogP contribution in [0.5, 0.6) is 0 Å². The van der Waals surface area contributed by atoms with Gasteiger partial charge < -0.3 is 9.69 Å². The van der Waals surface area contributed by atoms with Crippen molar-refractivity contribution in [3.05, 3.63) is 59.7 Å². The average Bonchev–Trinajstić information content (AvgIpc) is 2.56. The number of anilines is 1. The Bertz CT molecular complexity index is 685. The number of rotatable bonds is 5. The van der Waals surface area contributed by atoms with Gasteiger partial charge in [0.25, 0.3) is 0 Å². The molecule has 0 atom stereocenters. The topological polar surface area (TPSA) is 60.8 Å². The van der Waals surface area contributed by atoms with E-state index in [4.69, 9.17) is 0 Å².